The number of carbonyl (C=O) groups excluding carboxylic acids is 1. The Morgan fingerprint density at radius 3 is 2.56 bits per heavy atom. The number of halogens is 2. The van der Waals surface area contributed by atoms with Crippen LogP contribution in [0.2, 0.25) is 0 Å². The van der Waals surface area contributed by atoms with E-state index in [-0.39, 0.29) is 17.4 Å². The molecule has 0 unspecified atom stereocenters. The number of hydrogen-bond acceptors (Lipinski definition) is 3. The molecule has 2 aromatic rings. The number of carbonyl (C=O) groups is 1. The zero-order chi connectivity index (χ0) is 18.4. The van der Waals surface area contributed by atoms with Crippen molar-refractivity contribution in [2.45, 2.75) is 26.9 Å². The molecule has 0 fully saturated rings. The minimum absolute atomic E-state index is 0.0133. The quantitative estimate of drug-likeness (QED) is 0.825. The highest BCUT2D eigenvalue weighted by Gasteiger charge is 2.12. The van der Waals surface area contributed by atoms with Crippen molar-refractivity contribution in [1.29, 1.82) is 0 Å². The van der Waals surface area contributed by atoms with Crippen LogP contribution < -0.4 is 14.8 Å². The Morgan fingerprint density at radius 1 is 1.12 bits per heavy atom. The summed E-state index contributed by atoms with van der Waals surface area (Å²) in [5, 5.41) is 2.87. The number of nitrogens with one attached hydrogen (secondary N) is 1. The van der Waals surface area contributed by atoms with E-state index in [0.29, 0.717) is 18.5 Å². The number of ether oxygens (including phenoxy) is 2. The van der Waals surface area contributed by atoms with E-state index in [0.717, 1.165) is 16.7 Å². The van der Waals surface area contributed by atoms with Gasteiger partial charge in [-0.2, -0.15) is 8.78 Å². The van der Waals surface area contributed by atoms with E-state index in [1.54, 1.807) is 12.1 Å². The third-order valence-electron chi connectivity index (χ3n) is 3.78. The standard InChI is InChI=1S/C19H21F2NO3/c1-12-4-5-13(2)15(10-12)18(23)22-9-8-14-6-7-16(25-19(20)21)17(11-14)24-3/h4-7,10-11,19H,8-9H2,1-3H3,(H,22,23). The van der Waals surface area contributed by atoms with Crippen molar-refractivity contribution in [3.8, 4) is 11.5 Å². The number of rotatable bonds is 7. The molecule has 0 heterocycles. The minimum atomic E-state index is -2.91. The van der Waals surface area contributed by atoms with E-state index in [1.807, 2.05) is 32.0 Å². The Morgan fingerprint density at radius 2 is 1.88 bits per heavy atom. The predicted octanol–water partition coefficient (Wildman–Crippen LogP) is 3.89. The van der Waals surface area contributed by atoms with Crippen molar-refractivity contribution in [3.05, 3.63) is 58.7 Å². The third kappa shape index (κ3) is 5.17. The van der Waals surface area contributed by atoms with E-state index >= 15 is 0 Å². The summed E-state index contributed by atoms with van der Waals surface area (Å²) in [6, 6.07) is 10.5. The first-order chi connectivity index (χ1) is 11.9. The summed E-state index contributed by atoms with van der Waals surface area (Å²) >= 11 is 0. The number of aryl methyl sites for hydroxylation is 2. The van der Waals surface area contributed by atoms with Gasteiger partial charge in [0.05, 0.1) is 7.11 Å². The fraction of sp³-hybridized carbons (Fsp3) is 0.316. The lowest BCUT2D eigenvalue weighted by Crippen LogP contribution is -2.26. The summed E-state index contributed by atoms with van der Waals surface area (Å²) in [5.41, 5.74) is 3.44. The van der Waals surface area contributed by atoms with E-state index < -0.39 is 6.61 Å². The van der Waals surface area contributed by atoms with E-state index in [9.17, 15) is 13.6 Å². The Balaban J connectivity index is 1.97. The Hall–Kier alpha value is -2.63. The summed E-state index contributed by atoms with van der Waals surface area (Å²) in [4.78, 5) is 12.3. The van der Waals surface area contributed by atoms with Crippen molar-refractivity contribution in [1.82, 2.24) is 5.32 Å². The molecule has 0 aliphatic rings. The molecule has 0 aliphatic carbocycles. The summed E-state index contributed by atoms with van der Waals surface area (Å²) in [6.07, 6.45) is 0.544. The van der Waals surface area contributed by atoms with Crippen LogP contribution in [0.1, 0.15) is 27.0 Å². The lowest BCUT2D eigenvalue weighted by molar-refractivity contribution is -0.0512. The highest BCUT2D eigenvalue weighted by atomic mass is 19.3. The molecular formula is C19H21F2NO3. The van der Waals surface area contributed by atoms with Crippen LogP contribution in [0, 0.1) is 13.8 Å². The van der Waals surface area contributed by atoms with Crippen molar-refractivity contribution in [3.63, 3.8) is 0 Å². The molecular weight excluding hydrogens is 328 g/mol. The molecule has 0 saturated carbocycles. The van der Waals surface area contributed by atoms with Gasteiger partial charge in [0.25, 0.3) is 5.91 Å². The van der Waals surface area contributed by atoms with Gasteiger partial charge < -0.3 is 14.8 Å². The molecule has 0 spiro atoms. The monoisotopic (exact) mass is 349 g/mol. The molecule has 0 atom stereocenters. The van der Waals surface area contributed by atoms with Gasteiger partial charge in [0.2, 0.25) is 0 Å². The lowest BCUT2D eigenvalue weighted by Gasteiger charge is -2.12. The Bertz CT molecular complexity index is 747. The SMILES string of the molecule is COc1cc(CCNC(=O)c2cc(C)ccc2C)ccc1OC(F)F. The topological polar surface area (TPSA) is 47.6 Å². The Kier molecular flexibility index (Phi) is 6.33. The maximum atomic E-state index is 12.3. The lowest BCUT2D eigenvalue weighted by atomic mass is 10.0. The first kappa shape index (κ1) is 18.7. The second-order valence-corrected chi connectivity index (χ2v) is 5.69. The van der Waals surface area contributed by atoms with Crippen LogP contribution >= 0.6 is 0 Å². The number of benzene rings is 2. The number of amides is 1. The summed E-state index contributed by atoms with van der Waals surface area (Å²) in [7, 11) is 1.39. The maximum Gasteiger partial charge on any atom is 0.387 e. The van der Waals surface area contributed by atoms with Gasteiger partial charge in [-0.1, -0.05) is 23.8 Å². The second kappa shape index (κ2) is 8.46. The van der Waals surface area contributed by atoms with Crippen LogP contribution in [0.25, 0.3) is 0 Å². The summed E-state index contributed by atoms with van der Waals surface area (Å²) in [6.45, 7) is 1.34. The van der Waals surface area contributed by atoms with Crippen LogP contribution in [-0.4, -0.2) is 26.2 Å². The Labute approximate surface area is 145 Å². The predicted molar refractivity (Wildman–Crippen MR) is 91.6 cm³/mol. The van der Waals surface area contributed by atoms with Crippen molar-refractivity contribution >= 4 is 5.91 Å². The highest BCUT2D eigenvalue weighted by Crippen LogP contribution is 2.29. The van der Waals surface area contributed by atoms with Gasteiger partial charge in [-0.3, -0.25) is 4.79 Å². The van der Waals surface area contributed by atoms with Gasteiger partial charge in [-0.05, 0) is 49.6 Å². The van der Waals surface area contributed by atoms with E-state index in [2.05, 4.69) is 10.1 Å². The van der Waals surface area contributed by atoms with Crippen LogP contribution in [0.5, 0.6) is 11.5 Å². The van der Waals surface area contributed by atoms with Crippen LogP contribution in [-0.2, 0) is 6.42 Å². The van der Waals surface area contributed by atoms with E-state index in [4.69, 9.17) is 4.74 Å². The van der Waals surface area contributed by atoms with Crippen LogP contribution in [0.4, 0.5) is 8.78 Å². The molecule has 0 aliphatic heterocycles. The molecule has 0 bridgehead atoms. The molecule has 2 rings (SSSR count). The highest BCUT2D eigenvalue weighted by molar-refractivity contribution is 5.95. The number of hydrogen-bond donors (Lipinski definition) is 1. The fourth-order valence-electron chi connectivity index (χ4n) is 2.46. The zero-order valence-corrected chi connectivity index (χ0v) is 14.4. The van der Waals surface area contributed by atoms with Gasteiger partial charge in [0.1, 0.15) is 0 Å². The van der Waals surface area contributed by atoms with Crippen molar-refractivity contribution in [2.24, 2.45) is 0 Å². The van der Waals surface area contributed by atoms with Gasteiger partial charge in [-0.15, -0.1) is 0 Å². The molecule has 1 amide bonds. The van der Waals surface area contributed by atoms with Gasteiger partial charge in [0, 0.05) is 12.1 Å². The van der Waals surface area contributed by atoms with E-state index in [1.165, 1.54) is 13.2 Å². The van der Waals surface area contributed by atoms with Crippen LogP contribution in [0.15, 0.2) is 36.4 Å². The normalized spacial score (nSPS) is 10.6. The molecule has 134 valence electrons. The van der Waals surface area contributed by atoms with Gasteiger partial charge in [0.15, 0.2) is 11.5 Å². The largest absolute Gasteiger partial charge is 0.493 e. The molecule has 6 heteroatoms. The first-order valence-electron chi connectivity index (χ1n) is 7.88. The molecule has 4 nitrogen and oxygen atoms in total. The molecule has 2 aromatic carbocycles. The van der Waals surface area contributed by atoms with Gasteiger partial charge >= 0.3 is 6.61 Å². The smallest absolute Gasteiger partial charge is 0.387 e. The molecule has 0 saturated heterocycles. The zero-order valence-electron chi connectivity index (χ0n) is 14.4. The van der Waals surface area contributed by atoms with Crippen molar-refractivity contribution < 1.29 is 23.0 Å². The third-order valence-corrected chi connectivity index (χ3v) is 3.78. The summed E-state index contributed by atoms with van der Waals surface area (Å²) < 4.78 is 34.1. The van der Waals surface area contributed by atoms with Crippen molar-refractivity contribution in [2.75, 3.05) is 13.7 Å². The molecule has 0 radical (unpaired) electrons. The molecule has 0 aromatic heterocycles. The fourth-order valence-corrected chi connectivity index (χ4v) is 2.46. The second-order valence-electron chi connectivity index (χ2n) is 5.69. The average molecular weight is 349 g/mol. The number of alkyl halides is 2. The first-order valence-corrected chi connectivity index (χ1v) is 7.88. The van der Waals surface area contributed by atoms with Crippen LogP contribution in [0.3, 0.4) is 0 Å². The average Bonchev–Trinajstić information content (AvgIpc) is 2.57. The molecule has 25 heavy (non-hydrogen) atoms. The minimum Gasteiger partial charge on any atom is -0.493 e. The molecule has 1 N–H and O–H groups in total. The maximum absolute atomic E-state index is 12.3. The van der Waals surface area contributed by atoms with Gasteiger partial charge in [-0.25, -0.2) is 0 Å². The number of methoxy groups -OCH3 is 1. The summed E-state index contributed by atoms with van der Waals surface area (Å²) in [5.74, 6) is 0.0881.